The van der Waals surface area contributed by atoms with Crippen molar-refractivity contribution in [3.8, 4) is 0 Å². The maximum absolute atomic E-state index is 16.5. The molecule has 0 spiro atoms. The quantitative estimate of drug-likeness (QED) is 0.258. The van der Waals surface area contributed by atoms with Gasteiger partial charge in [0.15, 0.2) is 41.1 Å². The van der Waals surface area contributed by atoms with E-state index in [-0.39, 0.29) is 39.7 Å². The zero-order chi connectivity index (χ0) is 31.0. The fourth-order valence-corrected chi connectivity index (χ4v) is 7.14. The Labute approximate surface area is 250 Å². The highest BCUT2D eigenvalue weighted by Crippen LogP contribution is 2.54. The molecule has 3 aliphatic heterocycles. The number of hydrogen-bond donors (Lipinski definition) is 3. The topological polar surface area (TPSA) is 232 Å². The Hall–Kier alpha value is -3.55. The lowest BCUT2D eigenvalue weighted by Crippen LogP contribution is -2.32. The van der Waals surface area contributed by atoms with Gasteiger partial charge in [-0.25, -0.2) is 43.2 Å². The van der Waals surface area contributed by atoms with Gasteiger partial charge in [-0.1, -0.05) is 0 Å². The van der Waals surface area contributed by atoms with E-state index in [1.807, 2.05) is 0 Å². The van der Waals surface area contributed by atoms with Crippen molar-refractivity contribution in [3.05, 3.63) is 36.8 Å². The summed E-state index contributed by atoms with van der Waals surface area (Å²) in [6.45, 7) is -4.60. The van der Waals surface area contributed by atoms with Gasteiger partial charge in [0.25, 0.3) is 0 Å². The molecule has 0 saturated carbocycles. The molecule has 232 valence electrons. The van der Waals surface area contributed by atoms with Crippen LogP contribution in [0.15, 0.2) is 36.8 Å². The molecule has 4 aromatic rings. The van der Waals surface area contributed by atoms with E-state index < -0.39 is 70.5 Å². The van der Waals surface area contributed by atoms with E-state index in [1.54, 1.807) is 0 Å². The number of nitrogens with zero attached hydrogens (tertiary/aromatic N) is 8. The van der Waals surface area contributed by atoms with Gasteiger partial charge in [0.2, 0.25) is 17.7 Å². The molecule has 0 amide bonds. The van der Waals surface area contributed by atoms with Crippen molar-refractivity contribution in [1.29, 1.82) is 0 Å². The zero-order valence-corrected chi connectivity index (χ0v) is 24.8. The molecule has 0 radical (unpaired) electrons. The number of aromatic nitrogens is 8. The van der Waals surface area contributed by atoms with Crippen LogP contribution in [0.1, 0.15) is 19.4 Å². The van der Waals surface area contributed by atoms with E-state index in [1.165, 1.54) is 28.1 Å². The maximum atomic E-state index is 16.5. The Morgan fingerprint density at radius 1 is 1.09 bits per heavy atom. The first kappa shape index (κ1) is 29.2. The van der Waals surface area contributed by atoms with E-state index in [4.69, 9.17) is 50.8 Å². The van der Waals surface area contributed by atoms with Crippen molar-refractivity contribution in [3.63, 3.8) is 0 Å². The normalized spacial score (nSPS) is 33.8. The molecule has 8 atom stereocenters. The molecule has 23 heteroatoms. The lowest BCUT2D eigenvalue weighted by molar-refractivity contribution is -0.0451. The number of imidazole rings is 2. The Kier molecular flexibility index (Phi) is 6.98. The molecule has 7 heterocycles. The average molecular weight is 673 g/mol. The van der Waals surface area contributed by atoms with Gasteiger partial charge in [-0.15, -0.1) is 4.52 Å². The molecule has 3 aliphatic rings. The summed E-state index contributed by atoms with van der Waals surface area (Å²) in [7, 11) is -3.13. The van der Waals surface area contributed by atoms with E-state index in [2.05, 4.69) is 29.9 Å². The van der Waals surface area contributed by atoms with Crippen molar-refractivity contribution in [2.75, 3.05) is 24.7 Å². The number of anilines is 2. The van der Waals surface area contributed by atoms with Crippen LogP contribution in [0.5, 0.6) is 0 Å². The number of halogens is 2. The molecule has 1 saturated heterocycles. The largest absolute Gasteiger partial charge is 0.750 e. The molecule has 2 unspecified atom stereocenters. The van der Waals surface area contributed by atoms with Gasteiger partial charge in [-0.05, 0) is 18.7 Å². The SMILES string of the molecule is C[C@@]1(F)C2=C(COP(O)(=S)O[C@@H]3[C@H](F)[C@@H](CO[P+](=O)O2)O[C@H]3n2cnc3c(N)ncnc32)O[C@H]1n1cnc2c(N)ncnc21. The lowest BCUT2D eigenvalue weighted by atomic mass is 10.1. The molecule has 5 N–H and O–H groups in total. The second-order valence-electron chi connectivity index (χ2n) is 9.90. The third-order valence-corrected chi connectivity index (χ3v) is 9.34. The Balaban J connectivity index is 1.21. The minimum atomic E-state index is -4.32. The number of ether oxygens (including phenoxy) is 2. The van der Waals surface area contributed by atoms with Crippen molar-refractivity contribution in [2.45, 2.75) is 43.4 Å². The highest BCUT2D eigenvalue weighted by Gasteiger charge is 2.57. The number of nitrogens with two attached hydrogens (primary N) is 2. The second kappa shape index (κ2) is 10.5. The lowest BCUT2D eigenvalue weighted by Gasteiger charge is -2.25. The van der Waals surface area contributed by atoms with Crippen LogP contribution >= 0.6 is 15.0 Å². The molecule has 0 aliphatic carbocycles. The Bertz CT molecular complexity index is 1890. The van der Waals surface area contributed by atoms with Gasteiger partial charge in [0.05, 0.1) is 6.33 Å². The minimum Gasteiger partial charge on any atom is -0.464 e. The summed E-state index contributed by atoms with van der Waals surface area (Å²) in [6.07, 6.45) is -3.00. The summed E-state index contributed by atoms with van der Waals surface area (Å²) in [6, 6.07) is 0. The predicted molar refractivity (Wildman–Crippen MR) is 147 cm³/mol. The number of hydrogen-bond acceptors (Lipinski definition) is 16. The molecule has 44 heavy (non-hydrogen) atoms. The number of rotatable bonds is 2. The van der Waals surface area contributed by atoms with Gasteiger partial charge >= 0.3 is 15.0 Å². The fraction of sp³-hybridized carbons (Fsp3) is 0.429. The van der Waals surface area contributed by atoms with Gasteiger partial charge in [-0.3, -0.25) is 13.7 Å². The van der Waals surface area contributed by atoms with E-state index in [0.29, 0.717) is 0 Å². The van der Waals surface area contributed by atoms with Crippen LogP contribution in [0.25, 0.3) is 22.3 Å². The molecular formula is C21H21F2N10O8P2S+. The predicted octanol–water partition coefficient (Wildman–Crippen LogP) is 1.86. The van der Waals surface area contributed by atoms with Crippen molar-refractivity contribution < 1.29 is 45.8 Å². The Morgan fingerprint density at radius 2 is 1.73 bits per heavy atom. The van der Waals surface area contributed by atoms with Crippen LogP contribution in [0.3, 0.4) is 0 Å². The molecule has 0 aromatic carbocycles. The van der Waals surface area contributed by atoms with Crippen LogP contribution in [-0.4, -0.2) is 81.2 Å². The number of alkyl halides is 2. The zero-order valence-electron chi connectivity index (χ0n) is 22.2. The fourth-order valence-electron chi connectivity index (χ4n) is 5.06. The Morgan fingerprint density at radius 3 is 2.41 bits per heavy atom. The first-order chi connectivity index (χ1) is 20.9. The minimum absolute atomic E-state index is 0.0466. The van der Waals surface area contributed by atoms with Crippen LogP contribution in [0, 0.1) is 0 Å². The van der Waals surface area contributed by atoms with Gasteiger partial charge in [-0.2, -0.15) is 0 Å². The maximum Gasteiger partial charge on any atom is 0.750 e. The van der Waals surface area contributed by atoms with E-state index in [9.17, 15) is 9.46 Å². The molecule has 4 aromatic heterocycles. The second-order valence-corrected chi connectivity index (χ2v) is 13.6. The third-order valence-electron chi connectivity index (χ3n) is 7.10. The highest BCUT2D eigenvalue weighted by molar-refractivity contribution is 8.07. The number of fused-ring (bicyclic) bond motifs is 4. The van der Waals surface area contributed by atoms with Crippen LogP contribution in [0.2, 0.25) is 0 Å². The van der Waals surface area contributed by atoms with Crippen molar-refractivity contribution in [2.24, 2.45) is 0 Å². The molecule has 7 rings (SSSR count). The molecular weight excluding hydrogens is 652 g/mol. The van der Waals surface area contributed by atoms with Gasteiger partial charge in [0.1, 0.15) is 55.4 Å². The first-order valence-corrected chi connectivity index (χ1v) is 16.3. The molecule has 1 fully saturated rings. The average Bonchev–Trinajstić information content (AvgIpc) is 3.72. The smallest absolute Gasteiger partial charge is 0.464 e. The summed E-state index contributed by atoms with van der Waals surface area (Å²) in [5.74, 6) is -0.828. The van der Waals surface area contributed by atoms with Gasteiger partial charge < -0.3 is 30.4 Å². The summed E-state index contributed by atoms with van der Waals surface area (Å²) in [5.41, 5.74) is 9.88. The highest BCUT2D eigenvalue weighted by atomic mass is 32.5. The molecule has 2 bridgehead atoms. The van der Waals surface area contributed by atoms with Gasteiger partial charge in [0, 0.05) is 4.57 Å². The summed E-state index contributed by atoms with van der Waals surface area (Å²) in [4.78, 5) is 35.2. The van der Waals surface area contributed by atoms with E-state index in [0.717, 1.165) is 13.3 Å². The third kappa shape index (κ3) is 4.76. The molecule has 18 nitrogen and oxygen atoms in total. The summed E-state index contributed by atoms with van der Waals surface area (Å²) < 4.78 is 81.1. The van der Waals surface area contributed by atoms with Crippen LogP contribution in [-0.2, 0) is 43.9 Å². The summed E-state index contributed by atoms with van der Waals surface area (Å²) in [5, 5.41) is 0. The van der Waals surface area contributed by atoms with Crippen molar-refractivity contribution >= 4 is 60.7 Å². The first-order valence-electron chi connectivity index (χ1n) is 12.6. The monoisotopic (exact) mass is 673 g/mol. The number of nitrogen functional groups attached to an aromatic ring is 2. The van der Waals surface area contributed by atoms with Crippen LogP contribution in [0.4, 0.5) is 20.4 Å². The van der Waals surface area contributed by atoms with E-state index >= 15 is 8.78 Å². The standard InChI is InChI=1S/C21H20F2N10O8P2S/c1-21(23)14-9(39-20(21)33-7-31-12-16(25)27-5-29-18(12)33)3-37-43(35,44)41-13-10(22)8(2-36-42(34)40-14)38-19(13)32-6-30-11-15(24)26-4-28-17(11)32/h4-8,10,13,19-20H,2-3H2,1H3,(H4-,24,25,26,27,28,29,35,44)/p+1/t8-,10-,13-,19-,20-,21-,43?/m1/s1. The van der Waals surface area contributed by atoms with Crippen LogP contribution < -0.4 is 11.5 Å². The van der Waals surface area contributed by atoms with Crippen molar-refractivity contribution in [1.82, 2.24) is 39.0 Å². The summed E-state index contributed by atoms with van der Waals surface area (Å²) >= 11 is 5.18.